The van der Waals surface area contributed by atoms with Crippen molar-refractivity contribution in [3.05, 3.63) is 0 Å². The van der Waals surface area contributed by atoms with Crippen LogP contribution in [0.4, 0.5) is 0 Å². The largest absolute Gasteiger partial charge is 0.370 e. The first-order valence-electron chi connectivity index (χ1n) is 7.94. The van der Waals surface area contributed by atoms with E-state index < -0.39 is 11.9 Å². The van der Waals surface area contributed by atoms with Gasteiger partial charge < -0.3 is 15.5 Å². The Morgan fingerprint density at radius 2 is 1.13 bits per heavy atom. The molecule has 0 aromatic heterocycles. The van der Waals surface area contributed by atoms with E-state index in [-0.39, 0.29) is 18.7 Å². The Hall–Kier alpha value is -1.67. The fraction of sp³-hybridized carbons (Fsp3) is 0.800. The molecule has 8 nitrogen and oxygen atoms in total. The third-order valence-corrected chi connectivity index (χ3v) is 2.99. The molecule has 0 bridgehead atoms. The van der Waals surface area contributed by atoms with Gasteiger partial charge in [-0.15, -0.1) is 0 Å². The van der Waals surface area contributed by atoms with Gasteiger partial charge in [-0.05, 0) is 19.3 Å². The molecule has 0 aliphatic rings. The number of unbranched alkanes of at least 4 members (excludes halogenated alkanes) is 6. The van der Waals surface area contributed by atoms with Crippen LogP contribution in [-0.4, -0.2) is 28.4 Å². The molecule has 0 unspecified atom stereocenters. The third kappa shape index (κ3) is 22.7. The number of nitrogens with two attached hydrogens (primary N) is 1. The van der Waals surface area contributed by atoms with E-state index in [1.54, 1.807) is 0 Å². The number of hydrogen-bond donors (Lipinski definition) is 3. The number of rotatable bonds is 12. The molecule has 0 aliphatic carbocycles. The minimum absolute atomic E-state index is 0.0369. The molecule has 1 amide bonds. The highest BCUT2D eigenvalue weighted by Crippen LogP contribution is 2.06. The van der Waals surface area contributed by atoms with E-state index in [1.165, 1.54) is 25.7 Å². The summed E-state index contributed by atoms with van der Waals surface area (Å²) in [6.45, 7) is 2.20. The van der Waals surface area contributed by atoms with Gasteiger partial charge in [-0.3, -0.25) is 4.79 Å². The number of amides is 1. The monoisotopic (exact) mass is 335 g/mol. The van der Waals surface area contributed by atoms with Crippen LogP contribution < -0.4 is 5.73 Å². The van der Waals surface area contributed by atoms with Gasteiger partial charge in [-0.25, -0.2) is 9.59 Å². The summed E-state index contributed by atoms with van der Waals surface area (Å²) in [4.78, 5) is 37.6. The fourth-order valence-corrected chi connectivity index (χ4v) is 1.71. The highest BCUT2D eigenvalue weighted by Gasteiger charge is 2.04. The number of hydrogen-bond acceptors (Lipinski definition) is 7. The SMILES string of the molecule is CCCCCCCCC(N)=O.O=C(CCCCC(=O)OO)OO. The summed E-state index contributed by atoms with van der Waals surface area (Å²) in [5, 5.41) is 15.6. The highest BCUT2D eigenvalue weighted by molar-refractivity contribution is 5.73. The Bertz CT molecular complexity index is 303. The highest BCUT2D eigenvalue weighted by atomic mass is 17.1. The smallest absolute Gasteiger partial charge is 0.342 e. The number of carbonyl (C=O) groups is 3. The quantitative estimate of drug-likeness (QED) is 0.283. The normalized spacial score (nSPS) is 9.52. The first-order valence-corrected chi connectivity index (χ1v) is 7.94. The van der Waals surface area contributed by atoms with Crippen molar-refractivity contribution < 1.29 is 34.7 Å². The second kappa shape index (κ2) is 18.4. The number of carbonyl (C=O) groups excluding carboxylic acids is 3. The van der Waals surface area contributed by atoms with E-state index in [9.17, 15) is 14.4 Å². The predicted octanol–water partition coefficient (Wildman–Crippen LogP) is 2.80. The fourth-order valence-electron chi connectivity index (χ4n) is 1.71. The van der Waals surface area contributed by atoms with Crippen LogP contribution in [0.3, 0.4) is 0 Å². The van der Waals surface area contributed by atoms with Crippen molar-refractivity contribution in [1.29, 1.82) is 0 Å². The topological polar surface area (TPSA) is 136 Å². The van der Waals surface area contributed by atoms with Crippen LogP contribution >= 0.6 is 0 Å². The minimum Gasteiger partial charge on any atom is -0.370 e. The van der Waals surface area contributed by atoms with E-state index in [1.807, 2.05) is 0 Å². The Balaban J connectivity index is 0. The maximum atomic E-state index is 10.3. The molecule has 0 saturated carbocycles. The lowest BCUT2D eigenvalue weighted by Crippen LogP contribution is -2.09. The first-order chi connectivity index (χ1) is 11.0. The van der Waals surface area contributed by atoms with E-state index in [2.05, 4.69) is 16.7 Å². The summed E-state index contributed by atoms with van der Waals surface area (Å²) in [6, 6.07) is 0. The average molecular weight is 335 g/mol. The average Bonchev–Trinajstić information content (AvgIpc) is 2.54. The van der Waals surface area contributed by atoms with Gasteiger partial charge >= 0.3 is 11.9 Å². The molecule has 0 heterocycles. The molecule has 136 valence electrons. The second-order valence-electron chi connectivity index (χ2n) is 5.12. The van der Waals surface area contributed by atoms with Crippen molar-refractivity contribution in [1.82, 2.24) is 0 Å². The zero-order valence-electron chi connectivity index (χ0n) is 13.8. The Kier molecular flexibility index (Phi) is 18.9. The molecular weight excluding hydrogens is 306 g/mol. The summed E-state index contributed by atoms with van der Waals surface area (Å²) in [6.07, 6.45) is 8.70. The molecule has 0 radical (unpaired) electrons. The molecule has 4 N–H and O–H groups in total. The standard InChI is InChI=1S/C9H19NO.C6H10O6/c1-2-3-4-5-6-7-8-9(10)11;7-5(11-9)3-1-2-4-6(8)12-10/h2-8H2,1H3,(H2,10,11);9-10H,1-4H2. The lowest BCUT2D eigenvalue weighted by Gasteiger charge is -1.97. The van der Waals surface area contributed by atoms with Gasteiger partial charge in [-0.1, -0.05) is 39.0 Å². The van der Waals surface area contributed by atoms with E-state index in [0.29, 0.717) is 19.3 Å². The van der Waals surface area contributed by atoms with E-state index >= 15 is 0 Å². The molecule has 8 heteroatoms. The molecule has 0 rings (SSSR count). The van der Waals surface area contributed by atoms with Crippen LogP contribution in [0, 0.1) is 0 Å². The van der Waals surface area contributed by atoms with Crippen LogP contribution in [0.15, 0.2) is 0 Å². The van der Waals surface area contributed by atoms with E-state index in [0.717, 1.165) is 12.8 Å². The van der Waals surface area contributed by atoms with Gasteiger partial charge in [0.1, 0.15) is 0 Å². The van der Waals surface area contributed by atoms with Crippen LogP contribution in [0.1, 0.15) is 77.6 Å². The van der Waals surface area contributed by atoms with Gasteiger partial charge in [0, 0.05) is 19.3 Å². The van der Waals surface area contributed by atoms with Gasteiger partial charge in [0.15, 0.2) is 0 Å². The van der Waals surface area contributed by atoms with Crippen molar-refractivity contribution in [3.8, 4) is 0 Å². The van der Waals surface area contributed by atoms with Crippen molar-refractivity contribution in [2.75, 3.05) is 0 Å². The Labute approximate surface area is 136 Å². The van der Waals surface area contributed by atoms with Crippen molar-refractivity contribution in [3.63, 3.8) is 0 Å². The second-order valence-corrected chi connectivity index (χ2v) is 5.12. The minimum atomic E-state index is -0.743. The maximum absolute atomic E-state index is 10.3. The van der Waals surface area contributed by atoms with Crippen molar-refractivity contribution in [2.24, 2.45) is 5.73 Å². The Morgan fingerprint density at radius 1 is 0.739 bits per heavy atom. The van der Waals surface area contributed by atoms with Crippen LogP contribution in [0.2, 0.25) is 0 Å². The zero-order valence-corrected chi connectivity index (χ0v) is 13.8. The maximum Gasteiger partial charge on any atom is 0.342 e. The zero-order chi connectivity index (χ0) is 17.9. The van der Waals surface area contributed by atoms with Gasteiger partial charge in [0.2, 0.25) is 5.91 Å². The first kappa shape index (κ1) is 23.6. The molecule has 0 aliphatic heterocycles. The van der Waals surface area contributed by atoms with Crippen LogP contribution in [-0.2, 0) is 24.2 Å². The third-order valence-electron chi connectivity index (χ3n) is 2.99. The number of primary amides is 1. The molecule has 0 fully saturated rings. The molecule has 23 heavy (non-hydrogen) atoms. The Morgan fingerprint density at radius 3 is 1.52 bits per heavy atom. The predicted molar refractivity (Wildman–Crippen MR) is 83.1 cm³/mol. The molecular formula is C15H29NO7. The van der Waals surface area contributed by atoms with E-state index in [4.69, 9.17) is 16.2 Å². The van der Waals surface area contributed by atoms with Crippen molar-refractivity contribution >= 4 is 17.8 Å². The van der Waals surface area contributed by atoms with Crippen LogP contribution in [0.25, 0.3) is 0 Å². The summed E-state index contributed by atoms with van der Waals surface area (Å²) in [5.41, 5.74) is 4.99. The lowest BCUT2D eigenvalue weighted by molar-refractivity contribution is -0.235. The van der Waals surface area contributed by atoms with Gasteiger partial charge in [0.25, 0.3) is 0 Å². The lowest BCUT2D eigenvalue weighted by atomic mass is 10.1. The van der Waals surface area contributed by atoms with Crippen LogP contribution in [0.5, 0.6) is 0 Å². The summed E-state index contributed by atoms with van der Waals surface area (Å²) < 4.78 is 0. The van der Waals surface area contributed by atoms with Crippen molar-refractivity contribution in [2.45, 2.75) is 77.6 Å². The summed E-state index contributed by atoms with van der Waals surface area (Å²) in [7, 11) is 0. The molecule has 0 saturated heterocycles. The molecule has 0 aromatic carbocycles. The molecule has 0 atom stereocenters. The summed E-state index contributed by atoms with van der Waals surface area (Å²) >= 11 is 0. The molecule has 0 aromatic rings. The summed E-state index contributed by atoms with van der Waals surface area (Å²) in [5.74, 6) is -1.65. The van der Waals surface area contributed by atoms with Gasteiger partial charge in [-0.2, -0.15) is 10.5 Å². The molecule has 0 spiro atoms. The van der Waals surface area contributed by atoms with Gasteiger partial charge in [0.05, 0.1) is 0 Å².